The van der Waals surface area contributed by atoms with Crippen LogP contribution in [0.25, 0.3) is 0 Å². The van der Waals surface area contributed by atoms with Gasteiger partial charge in [-0.25, -0.2) is 4.39 Å². The number of ether oxygens (including phenoxy) is 2. The molecule has 0 aliphatic rings. The van der Waals surface area contributed by atoms with Crippen LogP contribution >= 0.6 is 0 Å². The van der Waals surface area contributed by atoms with Gasteiger partial charge in [-0.1, -0.05) is 0 Å². The van der Waals surface area contributed by atoms with E-state index in [1.54, 1.807) is 26.3 Å². The highest BCUT2D eigenvalue weighted by molar-refractivity contribution is 5.79. The summed E-state index contributed by atoms with van der Waals surface area (Å²) < 4.78 is 23.6. The third-order valence-corrected chi connectivity index (χ3v) is 3.25. The van der Waals surface area contributed by atoms with Gasteiger partial charge in [-0.3, -0.25) is 4.99 Å². The van der Waals surface area contributed by atoms with Gasteiger partial charge in [0.15, 0.2) is 5.96 Å². The van der Waals surface area contributed by atoms with Crippen LogP contribution in [-0.4, -0.2) is 45.9 Å². The Morgan fingerprint density at radius 3 is 2.57 bits per heavy atom. The van der Waals surface area contributed by atoms with Gasteiger partial charge in [-0.15, -0.1) is 0 Å². The molecule has 0 spiro atoms. The highest BCUT2D eigenvalue weighted by Gasteiger charge is 2.05. The lowest BCUT2D eigenvalue weighted by atomic mass is 10.2. The minimum atomic E-state index is -0.266. The number of unbranched alkanes of at least 4 members (excludes halogenated alkanes) is 2. The van der Waals surface area contributed by atoms with E-state index < -0.39 is 0 Å². The largest absolute Gasteiger partial charge is 0.489 e. The number of guanidine groups is 1. The summed E-state index contributed by atoms with van der Waals surface area (Å²) in [6.07, 6.45) is 3.22. The highest BCUT2D eigenvalue weighted by Crippen LogP contribution is 2.12. The summed E-state index contributed by atoms with van der Waals surface area (Å²) in [6, 6.07) is 6.02. The molecule has 0 aromatic heterocycles. The Labute approximate surface area is 138 Å². The van der Waals surface area contributed by atoms with Crippen LogP contribution in [0.3, 0.4) is 0 Å². The van der Waals surface area contributed by atoms with Crippen molar-refractivity contribution in [3.8, 4) is 5.75 Å². The van der Waals surface area contributed by atoms with Crippen LogP contribution in [0.4, 0.5) is 4.39 Å². The van der Waals surface area contributed by atoms with Crippen LogP contribution in [-0.2, 0) is 4.74 Å². The van der Waals surface area contributed by atoms with Crippen molar-refractivity contribution >= 4 is 5.96 Å². The first-order valence-electron chi connectivity index (χ1n) is 8.01. The summed E-state index contributed by atoms with van der Waals surface area (Å²) in [6.45, 7) is 4.25. The van der Waals surface area contributed by atoms with E-state index in [0.29, 0.717) is 12.3 Å². The SMILES string of the molecule is CN=C(NCCCCCOC)NCC(C)Oc1ccc(F)cc1. The molecule has 0 aliphatic heterocycles. The zero-order chi connectivity index (χ0) is 16.9. The molecular weight excluding hydrogens is 297 g/mol. The summed E-state index contributed by atoms with van der Waals surface area (Å²) in [5, 5.41) is 6.48. The van der Waals surface area contributed by atoms with Gasteiger partial charge in [0.05, 0.1) is 6.54 Å². The molecule has 0 fully saturated rings. The van der Waals surface area contributed by atoms with Crippen molar-refractivity contribution in [1.82, 2.24) is 10.6 Å². The zero-order valence-electron chi connectivity index (χ0n) is 14.3. The van der Waals surface area contributed by atoms with Gasteiger partial charge in [0.2, 0.25) is 0 Å². The summed E-state index contributed by atoms with van der Waals surface area (Å²) in [5.41, 5.74) is 0. The van der Waals surface area contributed by atoms with E-state index in [2.05, 4.69) is 15.6 Å². The van der Waals surface area contributed by atoms with Gasteiger partial charge in [0.1, 0.15) is 17.7 Å². The van der Waals surface area contributed by atoms with E-state index in [0.717, 1.165) is 38.4 Å². The Morgan fingerprint density at radius 1 is 1.17 bits per heavy atom. The number of nitrogens with zero attached hydrogens (tertiary/aromatic N) is 1. The fraction of sp³-hybridized carbons (Fsp3) is 0.588. The Hall–Kier alpha value is -1.82. The lowest BCUT2D eigenvalue weighted by molar-refractivity contribution is 0.192. The number of methoxy groups -OCH3 is 1. The van der Waals surface area contributed by atoms with Crippen LogP contribution in [0.2, 0.25) is 0 Å². The molecule has 0 radical (unpaired) electrons. The van der Waals surface area contributed by atoms with Gasteiger partial charge in [-0.2, -0.15) is 0 Å². The zero-order valence-corrected chi connectivity index (χ0v) is 14.3. The number of aliphatic imine (C=N–C) groups is 1. The molecule has 0 bridgehead atoms. The Balaban J connectivity index is 2.19. The molecule has 1 rings (SSSR count). The molecule has 23 heavy (non-hydrogen) atoms. The topological polar surface area (TPSA) is 54.9 Å². The van der Waals surface area contributed by atoms with Crippen LogP contribution in [0, 0.1) is 5.82 Å². The molecule has 0 amide bonds. The van der Waals surface area contributed by atoms with Gasteiger partial charge >= 0.3 is 0 Å². The maximum atomic E-state index is 12.8. The van der Waals surface area contributed by atoms with Crippen LogP contribution in [0.5, 0.6) is 5.75 Å². The fourth-order valence-electron chi connectivity index (χ4n) is 2.00. The van der Waals surface area contributed by atoms with Crippen LogP contribution < -0.4 is 15.4 Å². The molecule has 0 saturated heterocycles. The second kappa shape index (κ2) is 11.7. The summed E-state index contributed by atoms with van der Waals surface area (Å²) in [7, 11) is 3.46. The van der Waals surface area contributed by atoms with E-state index in [9.17, 15) is 4.39 Å². The Bertz CT molecular complexity index is 452. The Kier molecular flexibility index (Phi) is 9.79. The maximum absolute atomic E-state index is 12.8. The average Bonchev–Trinajstić information content (AvgIpc) is 2.55. The third-order valence-electron chi connectivity index (χ3n) is 3.25. The third kappa shape index (κ3) is 9.03. The molecule has 0 aliphatic carbocycles. The molecular formula is C17H28FN3O2. The first-order chi connectivity index (χ1) is 11.2. The number of hydrogen-bond donors (Lipinski definition) is 2. The van der Waals surface area contributed by atoms with E-state index in [1.807, 2.05) is 6.92 Å². The smallest absolute Gasteiger partial charge is 0.191 e. The first kappa shape index (κ1) is 19.2. The summed E-state index contributed by atoms with van der Waals surface area (Å²) in [5.74, 6) is 1.14. The van der Waals surface area contributed by atoms with Crippen molar-refractivity contribution < 1.29 is 13.9 Å². The minimum absolute atomic E-state index is 0.0549. The van der Waals surface area contributed by atoms with Gasteiger partial charge in [0, 0.05) is 27.3 Å². The quantitative estimate of drug-likeness (QED) is 0.394. The average molecular weight is 325 g/mol. The monoisotopic (exact) mass is 325 g/mol. The molecule has 2 N–H and O–H groups in total. The van der Waals surface area contributed by atoms with E-state index in [4.69, 9.17) is 9.47 Å². The van der Waals surface area contributed by atoms with Crippen molar-refractivity contribution in [2.24, 2.45) is 4.99 Å². The lowest BCUT2D eigenvalue weighted by Crippen LogP contribution is -2.42. The maximum Gasteiger partial charge on any atom is 0.191 e. The minimum Gasteiger partial charge on any atom is -0.489 e. The van der Waals surface area contributed by atoms with Crippen LogP contribution in [0.1, 0.15) is 26.2 Å². The van der Waals surface area contributed by atoms with E-state index in [1.165, 1.54) is 12.1 Å². The molecule has 130 valence electrons. The predicted octanol–water partition coefficient (Wildman–Crippen LogP) is 2.57. The number of nitrogens with one attached hydrogen (secondary N) is 2. The normalized spacial score (nSPS) is 12.8. The Morgan fingerprint density at radius 2 is 1.91 bits per heavy atom. The van der Waals surface area contributed by atoms with Crippen LogP contribution in [0.15, 0.2) is 29.3 Å². The number of rotatable bonds is 10. The predicted molar refractivity (Wildman–Crippen MR) is 91.6 cm³/mol. The molecule has 1 unspecified atom stereocenters. The number of halogens is 1. The highest BCUT2D eigenvalue weighted by atomic mass is 19.1. The van der Waals surface area contributed by atoms with Gasteiger partial charge < -0.3 is 20.1 Å². The standard InChI is InChI=1S/C17H28FN3O2/c1-14(23-16-9-7-15(18)8-10-16)13-21-17(19-2)20-11-5-4-6-12-22-3/h7-10,14H,4-6,11-13H2,1-3H3,(H2,19,20,21). The molecule has 1 aromatic rings. The van der Waals surface area contributed by atoms with Crippen molar-refractivity contribution in [2.45, 2.75) is 32.3 Å². The lowest BCUT2D eigenvalue weighted by Gasteiger charge is -2.17. The molecule has 1 aromatic carbocycles. The van der Waals surface area contributed by atoms with Crippen molar-refractivity contribution in [3.63, 3.8) is 0 Å². The molecule has 0 heterocycles. The molecule has 6 heteroatoms. The second-order valence-corrected chi connectivity index (χ2v) is 5.32. The first-order valence-corrected chi connectivity index (χ1v) is 8.01. The van der Waals surface area contributed by atoms with Gasteiger partial charge in [-0.05, 0) is 50.5 Å². The number of hydrogen-bond acceptors (Lipinski definition) is 3. The van der Waals surface area contributed by atoms with Crippen molar-refractivity contribution in [2.75, 3.05) is 33.9 Å². The summed E-state index contributed by atoms with van der Waals surface area (Å²) in [4.78, 5) is 4.18. The molecule has 1 atom stereocenters. The van der Waals surface area contributed by atoms with Crippen molar-refractivity contribution in [1.29, 1.82) is 0 Å². The fourth-order valence-corrected chi connectivity index (χ4v) is 2.00. The number of benzene rings is 1. The van der Waals surface area contributed by atoms with E-state index >= 15 is 0 Å². The van der Waals surface area contributed by atoms with Gasteiger partial charge in [0.25, 0.3) is 0 Å². The second-order valence-electron chi connectivity index (χ2n) is 5.32. The van der Waals surface area contributed by atoms with E-state index in [-0.39, 0.29) is 11.9 Å². The molecule has 5 nitrogen and oxygen atoms in total. The van der Waals surface area contributed by atoms with Crippen molar-refractivity contribution in [3.05, 3.63) is 30.1 Å². The summed E-state index contributed by atoms with van der Waals surface area (Å²) >= 11 is 0. The molecule has 0 saturated carbocycles.